The van der Waals surface area contributed by atoms with Crippen molar-refractivity contribution in [2.24, 2.45) is 5.73 Å². The van der Waals surface area contributed by atoms with E-state index in [-0.39, 0.29) is 24.7 Å². The van der Waals surface area contributed by atoms with Gasteiger partial charge in [-0.15, -0.1) is 0 Å². The van der Waals surface area contributed by atoms with E-state index in [0.717, 1.165) is 6.92 Å². The summed E-state index contributed by atoms with van der Waals surface area (Å²) in [4.78, 5) is 18.7. The molecule has 0 unspecified atom stereocenters. The van der Waals surface area contributed by atoms with Gasteiger partial charge in [0.25, 0.3) is 0 Å². The van der Waals surface area contributed by atoms with E-state index in [2.05, 4.69) is 0 Å². The standard InChI is InChI=1S/C3H4O3.C2H6N2.Li/c1-2(4)3(5)6;1-2(3)4;/h1H3,(H,5,6);1H3,(H3,3,4);/q;;+1/p-1. The summed E-state index contributed by atoms with van der Waals surface area (Å²) in [7, 11) is 0. The average molecular weight is 152 g/mol. The van der Waals surface area contributed by atoms with E-state index in [9.17, 15) is 14.7 Å². The predicted octanol–water partition coefficient (Wildman–Crippen LogP) is -4.73. The van der Waals surface area contributed by atoms with Gasteiger partial charge in [-0.3, -0.25) is 10.2 Å². The van der Waals surface area contributed by atoms with Crippen molar-refractivity contribution in [1.82, 2.24) is 0 Å². The van der Waals surface area contributed by atoms with Crippen molar-refractivity contribution in [3.8, 4) is 0 Å². The van der Waals surface area contributed by atoms with Crippen LogP contribution in [-0.4, -0.2) is 17.6 Å². The number of ketones is 1. The fraction of sp³-hybridized carbons (Fsp3) is 0.400. The number of carboxylic acids is 1. The largest absolute Gasteiger partial charge is 1.00 e. The Bertz CT molecular complexity index is 142. The molecule has 0 fully saturated rings. The molecule has 0 saturated heterocycles. The van der Waals surface area contributed by atoms with Crippen LogP contribution in [-0.2, 0) is 9.59 Å². The third-order valence-electron chi connectivity index (χ3n) is 0.287. The summed E-state index contributed by atoms with van der Waals surface area (Å²) >= 11 is 0. The molecule has 5 nitrogen and oxygen atoms in total. The molecule has 0 aliphatic carbocycles. The van der Waals surface area contributed by atoms with Gasteiger partial charge in [0.1, 0.15) is 5.97 Å². The number of carbonyl (C=O) groups is 2. The molecule has 0 rings (SSSR count). The summed E-state index contributed by atoms with van der Waals surface area (Å²) in [5.41, 5.74) is 4.69. The second-order valence-corrected chi connectivity index (χ2v) is 1.53. The second kappa shape index (κ2) is 9.21. The predicted molar refractivity (Wildman–Crippen MR) is 33.3 cm³/mol. The van der Waals surface area contributed by atoms with Gasteiger partial charge in [0.2, 0.25) is 0 Å². The summed E-state index contributed by atoms with van der Waals surface area (Å²) in [6.07, 6.45) is 0. The Morgan fingerprint density at radius 1 is 1.36 bits per heavy atom. The Labute approximate surface area is 76.6 Å². The zero-order valence-electron chi connectivity index (χ0n) is 6.80. The van der Waals surface area contributed by atoms with Crippen LogP contribution in [0.25, 0.3) is 0 Å². The Morgan fingerprint density at radius 2 is 1.45 bits per heavy atom. The van der Waals surface area contributed by atoms with Crippen molar-refractivity contribution in [3.63, 3.8) is 0 Å². The zero-order chi connectivity index (χ0) is 8.73. The molecule has 0 saturated carbocycles. The third-order valence-corrected chi connectivity index (χ3v) is 0.287. The molecule has 0 radical (unpaired) electrons. The van der Waals surface area contributed by atoms with E-state index >= 15 is 0 Å². The van der Waals surface area contributed by atoms with Crippen LogP contribution in [0.1, 0.15) is 13.8 Å². The smallest absolute Gasteiger partial charge is 0.542 e. The molecule has 11 heavy (non-hydrogen) atoms. The summed E-state index contributed by atoms with van der Waals surface area (Å²) < 4.78 is 0. The SMILES string of the molecule is CC(=N)N.CC(=O)C(=O)[O-].[Li+]. The van der Waals surface area contributed by atoms with Gasteiger partial charge in [-0.05, 0) is 6.92 Å². The maximum atomic E-state index is 9.48. The van der Waals surface area contributed by atoms with Crippen molar-refractivity contribution >= 4 is 17.6 Å². The number of Topliss-reactive ketones (excluding diaryl/α,β-unsaturated/α-hetero) is 1. The minimum atomic E-state index is -1.63. The molecule has 0 aromatic carbocycles. The van der Waals surface area contributed by atoms with Crippen molar-refractivity contribution in [2.75, 3.05) is 0 Å². The fourth-order valence-corrected chi connectivity index (χ4v) is 0. The van der Waals surface area contributed by atoms with E-state index in [0.29, 0.717) is 0 Å². The van der Waals surface area contributed by atoms with Gasteiger partial charge in [0.05, 0.1) is 5.84 Å². The summed E-state index contributed by atoms with van der Waals surface area (Å²) in [5, 5.41) is 15.5. The normalized spacial score (nSPS) is 6.36. The van der Waals surface area contributed by atoms with E-state index in [4.69, 9.17) is 11.1 Å². The van der Waals surface area contributed by atoms with Crippen LogP contribution in [0.15, 0.2) is 0 Å². The second-order valence-electron chi connectivity index (χ2n) is 1.53. The van der Waals surface area contributed by atoms with Crippen molar-refractivity contribution < 1.29 is 33.6 Å². The van der Waals surface area contributed by atoms with Gasteiger partial charge in [0, 0.05) is 6.92 Å². The first kappa shape index (κ1) is 16.7. The first-order valence-corrected chi connectivity index (χ1v) is 2.40. The molecular formula is C5H9LiN2O3. The monoisotopic (exact) mass is 152 g/mol. The molecule has 6 heteroatoms. The first-order chi connectivity index (χ1) is 4.37. The number of nitrogens with one attached hydrogen (secondary N) is 1. The molecular weight excluding hydrogens is 143 g/mol. The Hall–Kier alpha value is -0.793. The van der Waals surface area contributed by atoms with Gasteiger partial charge in [-0.1, -0.05) is 0 Å². The Kier molecular flexibility index (Phi) is 13.9. The topological polar surface area (TPSA) is 107 Å². The van der Waals surface area contributed by atoms with E-state index in [1.807, 2.05) is 0 Å². The number of nitrogens with two attached hydrogens (primary N) is 1. The minimum absolute atomic E-state index is 0. The van der Waals surface area contributed by atoms with Crippen LogP contribution >= 0.6 is 0 Å². The van der Waals surface area contributed by atoms with Crippen molar-refractivity contribution in [1.29, 1.82) is 5.41 Å². The molecule has 0 amide bonds. The fourth-order valence-electron chi connectivity index (χ4n) is 0. The number of rotatable bonds is 1. The minimum Gasteiger partial charge on any atom is -0.542 e. The summed E-state index contributed by atoms with van der Waals surface area (Å²) in [6, 6.07) is 0. The number of aliphatic carboxylic acids is 1. The molecule has 58 valence electrons. The maximum Gasteiger partial charge on any atom is 1.00 e. The zero-order valence-corrected chi connectivity index (χ0v) is 6.80. The number of carboxylic acid groups (broad SMARTS) is 1. The van der Waals surface area contributed by atoms with Crippen LogP contribution in [0, 0.1) is 5.41 Å². The van der Waals surface area contributed by atoms with Crippen LogP contribution < -0.4 is 29.7 Å². The van der Waals surface area contributed by atoms with Crippen LogP contribution in [0.5, 0.6) is 0 Å². The average Bonchev–Trinajstić information content (AvgIpc) is 1.63. The maximum absolute atomic E-state index is 9.48. The third kappa shape index (κ3) is 46.5. The van der Waals surface area contributed by atoms with Crippen molar-refractivity contribution in [3.05, 3.63) is 0 Å². The number of amidine groups is 1. The van der Waals surface area contributed by atoms with Crippen LogP contribution in [0.2, 0.25) is 0 Å². The molecule has 3 N–H and O–H groups in total. The van der Waals surface area contributed by atoms with Crippen LogP contribution in [0.4, 0.5) is 0 Å². The molecule has 0 aromatic rings. The van der Waals surface area contributed by atoms with Gasteiger partial charge in [-0.2, -0.15) is 0 Å². The molecule has 0 spiro atoms. The van der Waals surface area contributed by atoms with Crippen molar-refractivity contribution in [2.45, 2.75) is 13.8 Å². The van der Waals surface area contributed by atoms with E-state index in [1.165, 1.54) is 6.92 Å². The number of hydrogen-bond acceptors (Lipinski definition) is 4. The van der Waals surface area contributed by atoms with Gasteiger partial charge >= 0.3 is 18.9 Å². The Balaban J connectivity index is -0.000000114. The van der Waals surface area contributed by atoms with Gasteiger partial charge < -0.3 is 15.6 Å². The van der Waals surface area contributed by atoms with E-state index < -0.39 is 11.8 Å². The molecule has 0 aromatic heterocycles. The number of carbonyl (C=O) groups excluding carboxylic acids is 2. The molecule has 0 bridgehead atoms. The van der Waals surface area contributed by atoms with E-state index in [1.54, 1.807) is 0 Å². The quantitative estimate of drug-likeness (QED) is 0.170. The number of hydrogen-bond donors (Lipinski definition) is 2. The molecule has 0 heterocycles. The van der Waals surface area contributed by atoms with Gasteiger partial charge in [-0.25, -0.2) is 0 Å². The van der Waals surface area contributed by atoms with Gasteiger partial charge in [0.15, 0.2) is 5.78 Å². The summed E-state index contributed by atoms with van der Waals surface area (Å²) in [6.45, 7) is 2.47. The van der Waals surface area contributed by atoms with Crippen LogP contribution in [0.3, 0.4) is 0 Å². The molecule has 0 aliphatic rings. The Morgan fingerprint density at radius 3 is 1.45 bits per heavy atom. The molecule has 0 atom stereocenters. The first-order valence-electron chi connectivity index (χ1n) is 2.40. The molecule has 0 aliphatic heterocycles. The summed E-state index contributed by atoms with van der Waals surface area (Å²) in [5.74, 6) is -2.40.